The first-order valence-corrected chi connectivity index (χ1v) is 9.93. The molecular weight excluding hydrogens is 312 g/mol. The van der Waals surface area contributed by atoms with Crippen LogP contribution in [0.15, 0.2) is 11.1 Å². The summed E-state index contributed by atoms with van der Waals surface area (Å²) >= 11 is 0. The summed E-state index contributed by atoms with van der Waals surface area (Å²) in [6.07, 6.45) is 15.2. The average Bonchev–Trinajstić information content (AvgIpc) is 2.92. The van der Waals surface area contributed by atoms with Crippen molar-refractivity contribution in [3.05, 3.63) is 11.1 Å². The minimum Gasteiger partial charge on any atom is -0.377 e. The predicted molar refractivity (Wildman–Crippen MR) is 97.7 cm³/mol. The number of fused-ring (bicyclic) bond motifs is 4. The molecule has 0 aromatic rings. The Labute approximate surface area is 152 Å². The van der Waals surface area contributed by atoms with Crippen LogP contribution in [-0.2, 0) is 9.47 Å². The van der Waals surface area contributed by atoms with Crippen LogP contribution in [0.25, 0.3) is 0 Å². The summed E-state index contributed by atoms with van der Waals surface area (Å²) in [6.45, 7) is 2.26. The fraction of sp³-hybridized carbons (Fsp3) is 0.818. The molecule has 0 spiro atoms. The van der Waals surface area contributed by atoms with Crippen molar-refractivity contribution in [1.29, 1.82) is 0 Å². The average molecular weight is 344 g/mol. The quantitative estimate of drug-likeness (QED) is 0.466. The van der Waals surface area contributed by atoms with Gasteiger partial charge in [0.05, 0.1) is 0 Å². The molecule has 3 nitrogen and oxygen atoms in total. The molecule has 1 N–H and O–H groups in total. The standard InChI is InChI=1S/C22H32O3/c1-5-21(23)12-10-19-18-7-6-15-14-22(24-3,25-4)13-9-16(15)17(18)8-11-20(19,21)2/h1,17-19,23H,6-14H2,2-4H3/t17-,18-,19+,20+,21+/m1/s1. The summed E-state index contributed by atoms with van der Waals surface area (Å²) in [5.74, 6) is 4.31. The Balaban J connectivity index is 1.62. The first-order valence-electron chi connectivity index (χ1n) is 9.93. The van der Waals surface area contributed by atoms with E-state index in [1.54, 1.807) is 25.4 Å². The van der Waals surface area contributed by atoms with Gasteiger partial charge in [-0.2, -0.15) is 0 Å². The van der Waals surface area contributed by atoms with Crippen molar-refractivity contribution in [2.24, 2.45) is 23.2 Å². The van der Waals surface area contributed by atoms with E-state index in [4.69, 9.17) is 15.9 Å². The van der Waals surface area contributed by atoms with Gasteiger partial charge in [-0.3, -0.25) is 0 Å². The Bertz CT molecular complexity index is 626. The van der Waals surface area contributed by atoms with Crippen molar-refractivity contribution in [3.8, 4) is 12.3 Å². The van der Waals surface area contributed by atoms with E-state index in [9.17, 15) is 5.11 Å². The first-order chi connectivity index (χ1) is 11.9. The van der Waals surface area contributed by atoms with Crippen LogP contribution >= 0.6 is 0 Å². The molecule has 0 radical (unpaired) electrons. The zero-order valence-corrected chi connectivity index (χ0v) is 15.9. The molecule has 138 valence electrons. The Morgan fingerprint density at radius 1 is 1.08 bits per heavy atom. The van der Waals surface area contributed by atoms with Crippen molar-refractivity contribution < 1.29 is 14.6 Å². The number of aliphatic hydroxyl groups is 1. The molecule has 2 saturated carbocycles. The Kier molecular flexibility index (Phi) is 4.11. The minimum atomic E-state index is -0.898. The lowest BCUT2D eigenvalue weighted by Gasteiger charge is -2.54. The lowest BCUT2D eigenvalue weighted by Crippen LogP contribution is -2.51. The van der Waals surface area contributed by atoms with Crippen LogP contribution in [0.1, 0.15) is 64.7 Å². The highest BCUT2D eigenvalue weighted by Gasteiger charge is 2.61. The number of methoxy groups -OCH3 is 2. The summed E-state index contributed by atoms with van der Waals surface area (Å²) in [5.41, 5.74) is 2.29. The largest absolute Gasteiger partial charge is 0.377 e. The minimum absolute atomic E-state index is 0.0987. The summed E-state index contributed by atoms with van der Waals surface area (Å²) in [7, 11) is 3.54. The summed E-state index contributed by atoms with van der Waals surface area (Å²) < 4.78 is 11.5. The third kappa shape index (κ3) is 2.30. The number of terminal acetylenes is 1. The van der Waals surface area contributed by atoms with E-state index in [1.165, 1.54) is 12.8 Å². The highest BCUT2D eigenvalue weighted by atomic mass is 16.7. The van der Waals surface area contributed by atoms with Crippen LogP contribution in [-0.4, -0.2) is 30.7 Å². The van der Waals surface area contributed by atoms with E-state index in [-0.39, 0.29) is 5.41 Å². The normalized spacial score (nSPS) is 45.3. The number of rotatable bonds is 2. The van der Waals surface area contributed by atoms with Crippen molar-refractivity contribution in [1.82, 2.24) is 0 Å². The molecular formula is C22H32O3. The molecule has 2 fully saturated rings. The summed E-state index contributed by atoms with van der Waals surface area (Å²) in [6, 6.07) is 0. The van der Waals surface area contributed by atoms with E-state index in [2.05, 4.69) is 12.8 Å². The predicted octanol–water partition coefficient (Wildman–Crippen LogP) is 4.06. The molecule has 5 atom stereocenters. The maximum atomic E-state index is 11.0. The maximum absolute atomic E-state index is 11.0. The van der Waals surface area contributed by atoms with Crippen molar-refractivity contribution >= 4 is 0 Å². The van der Waals surface area contributed by atoms with Crippen LogP contribution < -0.4 is 0 Å². The van der Waals surface area contributed by atoms with E-state index in [0.717, 1.165) is 44.9 Å². The number of hydrogen-bond acceptors (Lipinski definition) is 3. The molecule has 4 rings (SSSR count). The van der Waals surface area contributed by atoms with Crippen molar-refractivity contribution in [2.45, 2.75) is 76.1 Å². The molecule has 0 heterocycles. The topological polar surface area (TPSA) is 38.7 Å². The Morgan fingerprint density at radius 3 is 2.52 bits per heavy atom. The van der Waals surface area contributed by atoms with Gasteiger partial charge in [0, 0.05) is 32.5 Å². The molecule has 25 heavy (non-hydrogen) atoms. The van der Waals surface area contributed by atoms with Crippen LogP contribution in [0, 0.1) is 35.5 Å². The number of allylic oxidation sites excluding steroid dienone is 1. The SMILES string of the molecule is C#C[C@]1(O)CC[C@H]2[C@@H]3CCC4=C(CCC(OC)(OC)C4)[C@H]3CC[C@@]21C. The van der Waals surface area contributed by atoms with Crippen LogP contribution in [0.3, 0.4) is 0 Å². The van der Waals surface area contributed by atoms with Crippen molar-refractivity contribution in [3.63, 3.8) is 0 Å². The fourth-order valence-electron chi connectivity index (χ4n) is 6.87. The second-order valence-corrected chi connectivity index (χ2v) is 9.04. The van der Waals surface area contributed by atoms with Crippen molar-refractivity contribution in [2.75, 3.05) is 14.2 Å². The third-order valence-electron chi connectivity index (χ3n) is 8.51. The molecule has 0 aromatic heterocycles. The molecule has 4 aliphatic rings. The molecule has 0 bridgehead atoms. The van der Waals surface area contributed by atoms with Gasteiger partial charge in [0.2, 0.25) is 0 Å². The lowest BCUT2D eigenvalue weighted by molar-refractivity contribution is -0.213. The van der Waals surface area contributed by atoms with Gasteiger partial charge >= 0.3 is 0 Å². The van der Waals surface area contributed by atoms with Crippen LogP contribution in [0.4, 0.5) is 0 Å². The Hall–Kier alpha value is -0.820. The van der Waals surface area contributed by atoms with Gasteiger partial charge in [0.25, 0.3) is 0 Å². The second kappa shape index (κ2) is 5.84. The monoisotopic (exact) mass is 344 g/mol. The first kappa shape index (κ1) is 17.6. The molecule has 0 saturated heterocycles. The van der Waals surface area contributed by atoms with Gasteiger partial charge in [-0.1, -0.05) is 24.0 Å². The van der Waals surface area contributed by atoms with E-state index >= 15 is 0 Å². The number of ether oxygens (including phenoxy) is 2. The van der Waals surface area contributed by atoms with Gasteiger partial charge in [-0.15, -0.1) is 6.42 Å². The molecule has 0 amide bonds. The number of hydrogen-bond donors (Lipinski definition) is 1. The second-order valence-electron chi connectivity index (χ2n) is 9.04. The Morgan fingerprint density at radius 2 is 1.84 bits per heavy atom. The van der Waals surface area contributed by atoms with Crippen LogP contribution in [0.5, 0.6) is 0 Å². The van der Waals surface area contributed by atoms with Crippen LogP contribution in [0.2, 0.25) is 0 Å². The highest BCUT2D eigenvalue weighted by Crippen LogP contribution is 2.64. The summed E-state index contributed by atoms with van der Waals surface area (Å²) in [4.78, 5) is 0. The van der Waals surface area contributed by atoms with Gasteiger partial charge in [-0.05, 0) is 62.7 Å². The lowest BCUT2D eigenvalue weighted by atomic mass is 9.52. The highest BCUT2D eigenvalue weighted by molar-refractivity contribution is 5.30. The maximum Gasteiger partial charge on any atom is 0.171 e. The van der Waals surface area contributed by atoms with Gasteiger partial charge in [0.15, 0.2) is 5.79 Å². The summed E-state index contributed by atoms with van der Waals surface area (Å²) in [5, 5.41) is 11.0. The third-order valence-corrected chi connectivity index (χ3v) is 8.51. The van der Waals surface area contributed by atoms with Gasteiger partial charge < -0.3 is 14.6 Å². The smallest absolute Gasteiger partial charge is 0.171 e. The van der Waals surface area contributed by atoms with E-state index < -0.39 is 11.4 Å². The van der Waals surface area contributed by atoms with Gasteiger partial charge in [-0.25, -0.2) is 0 Å². The van der Waals surface area contributed by atoms with E-state index in [0.29, 0.717) is 17.8 Å². The molecule has 4 aliphatic carbocycles. The zero-order valence-electron chi connectivity index (χ0n) is 15.9. The molecule has 0 aliphatic heterocycles. The molecule has 0 aromatic carbocycles. The molecule has 3 heteroatoms. The zero-order chi connectivity index (χ0) is 17.9. The molecule has 0 unspecified atom stereocenters. The van der Waals surface area contributed by atoms with Gasteiger partial charge in [0.1, 0.15) is 5.60 Å². The van der Waals surface area contributed by atoms with E-state index in [1.807, 2.05) is 0 Å². The fourth-order valence-corrected chi connectivity index (χ4v) is 6.87.